The molecule has 0 radical (unpaired) electrons. The Hall–Kier alpha value is -1.22. The maximum Gasteiger partial charge on any atom is 0.161 e. The molecule has 0 aliphatic carbocycles. The number of ether oxygens (including phenoxy) is 1. The fourth-order valence-corrected chi connectivity index (χ4v) is 2.52. The molecule has 17 heavy (non-hydrogen) atoms. The van der Waals surface area contributed by atoms with Crippen molar-refractivity contribution < 1.29 is 9.84 Å². The van der Waals surface area contributed by atoms with E-state index in [1.165, 1.54) is 12.8 Å². The van der Waals surface area contributed by atoms with E-state index in [2.05, 4.69) is 5.32 Å². The van der Waals surface area contributed by atoms with Crippen molar-refractivity contribution in [3.63, 3.8) is 0 Å². The molecule has 0 amide bonds. The highest BCUT2D eigenvalue weighted by Crippen LogP contribution is 2.34. The van der Waals surface area contributed by atoms with Crippen molar-refractivity contribution >= 4 is 0 Å². The summed E-state index contributed by atoms with van der Waals surface area (Å²) in [6.45, 7) is 4.22. The largest absolute Gasteiger partial charge is 0.504 e. The highest BCUT2D eigenvalue weighted by Gasteiger charge is 2.18. The maximum absolute atomic E-state index is 10.2. The summed E-state index contributed by atoms with van der Waals surface area (Å²) in [4.78, 5) is 0. The molecule has 0 saturated carbocycles. The number of phenols is 1. The topological polar surface area (TPSA) is 41.5 Å². The molecule has 3 nitrogen and oxygen atoms in total. The molecule has 94 valence electrons. The van der Waals surface area contributed by atoms with Gasteiger partial charge in [0.2, 0.25) is 0 Å². The number of nitrogens with one attached hydrogen (secondary N) is 1. The first-order valence-electron chi connectivity index (χ1n) is 6.28. The van der Waals surface area contributed by atoms with E-state index in [9.17, 15) is 5.11 Å². The van der Waals surface area contributed by atoms with E-state index in [4.69, 9.17) is 4.74 Å². The third-order valence-corrected chi connectivity index (χ3v) is 3.59. The molecule has 1 aromatic rings. The molecular formula is C14H21NO2. The van der Waals surface area contributed by atoms with Crippen molar-refractivity contribution in [3.05, 3.63) is 23.3 Å². The van der Waals surface area contributed by atoms with Gasteiger partial charge in [-0.1, -0.05) is 6.07 Å². The van der Waals surface area contributed by atoms with E-state index in [1.54, 1.807) is 7.11 Å². The SMILES string of the molecule is COc1ccc(C)c(CC2CCCNC2)c1O. The van der Waals surface area contributed by atoms with Gasteiger partial charge in [-0.2, -0.15) is 0 Å². The zero-order chi connectivity index (χ0) is 12.3. The molecule has 2 N–H and O–H groups in total. The van der Waals surface area contributed by atoms with Crippen LogP contribution in [-0.4, -0.2) is 25.3 Å². The molecule has 0 bridgehead atoms. The molecule has 1 fully saturated rings. The van der Waals surface area contributed by atoms with Crippen molar-refractivity contribution in [2.24, 2.45) is 5.92 Å². The first-order valence-corrected chi connectivity index (χ1v) is 6.28. The fraction of sp³-hybridized carbons (Fsp3) is 0.571. The predicted octanol–water partition coefficient (Wildman–Crippen LogP) is 2.25. The van der Waals surface area contributed by atoms with Gasteiger partial charge in [-0.3, -0.25) is 0 Å². The molecule has 0 aromatic heterocycles. The third-order valence-electron chi connectivity index (χ3n) is 3.59. The first-order chi connectivity index (χ1) is 8.22. The first kappa shape index (κ1) is 12.2. The van der Waals surface area contributed by atoms with Crippen LogP contribution in [0.5, 0.6) is 11.5 Å². The standard InChI is InChI=1S/C14H21NO2/c1-10-5-6-13(17-2)14(16)12(10)8-11-4-3-7-15-9-11/h5-6,11,15-16H,3-4,7-9H2,1-2H3. The Morgan fingerprint density at radius 1 is 1.47 bits per heavy atom. The zero-order valence-corrected chi connectivity index (χ0v) is 10.6. The second-order valence-corrected chi connectivity index (χ2v) is 4.83. The van der Waals surface area contributed by atoms with E-state index in [0.717, 1.165) is 30.6 Å². The lowest BCUT2D eigenvalue weighted by Crippen LogP contribution is -2.31. The molecule has 1 atom stereocenters. The van der Waals surface area contributed by atoms with Gasteiger partial charge in [-0.15, -0.1) is 0 Å². The number of aromatic hydroxyl groups is 1. The number of rotatable bonds is 3. The average molecular weight is 235 g/mol. The number of phenolic OH excluding ortho intramolecular Hbond substituents is 1. The van der Waals surface area contributed by atoms with Gasteiger partial charge in [0.05, 0.1) is 7.11 Å². The van der Waals surface area contributed by atoms with Crippen LogP contribution < -0.4 is 10.1 Å². The summed E-state index contributed by atoms with van der Waals surface area (Å²) in [5.41, 5.74) is 2.19. The van der Waals surface area contributed by atoms with Crippen molar-refractivity contribution in [3.8, 4) is 11.5 Å². The minimum Gasteiger partial charge on any atom is -0.504 e. The lowest BCUT2D eigenvalue weighted by Gasteiger charge is -2.24. The Kier molecular flexibility index (Phi) is 3.89. The molecular weight excluding hydrogens is 214 g/mol. The molecule has 0 spiro atoms. The summed E-state index contributed by atoms with van der Waals surface area (Å²) in [6.07, 6.45) is 3.40. The molecule has 1 heterocycles. The van der Waals surface area contributed by atoms with Gasteiger partial charge < -0.3 is 15.2 Å². The highest BCUT2D eigenvalue weighted by molar-refractivity contribution is 5.49. The summed E-state index contributed by atoms with van der Waals surface area (Å²) in [5.74, 6) is 1.52. The monoisotopic (exact) mass is 235 g/mol. The Morgan fingerprint density at radius 3 is 2.94 bits per heavy atom. The average Bonchev–Trinajstić information content (AvgIpc) is 2.36. The molecule has 1 aliphatic rings. The van der Waals surface area contributed by atoms with Gasteiger partial charge in [0.15, 0.2) is 11.5 Å². The van der Waals surface area contributed by atoms with Gasteiger partial charge in [-0.05, 0) is 56.8 Å². The van der Waals surface area contributed by atoms with Crippen molar-refractivity contribution in [1.29, 1.82) is 0 Å². The molecule has 1 aliphatic heterocycles. The van der Waals surface area contributed by atoms with Gasteiger partial charge in [0.25, 0.3) is 0 Å². The number of aryl methyl sites for hydroxylation is 1. The quantitative estimate of drug-likeness (QED) is 0.844. The minimum atomic E-state index is 0.318. The van der Waals surface area contributed by atoms with Gasteiger partial charge in [0.1, 0.15) is 0 Å². The molecule has 1 aromatic carbocycles. The van der Waals surface area contributed by atoms with Crippen LogP contribution in [0.2, 0.25) is 0 Å². The van der Waals surface area contributed by atoms with Crippen LogP contribution in [0.15, 0.2) is 12.1 Å². The van der Waals surface area contributed by atoms with Crippen LogP contribution in [-0.2, 0) is 6.42 Å². The van der Waals surface area contributed by atoms with E-state index in [-0.39, 0.29) is 0 Å². The summed E-state index contributed by atoms with van der Waals surface area (Å²) >= 11 is 0. The minimum absolute atomic E-state index is 0.318. The van der Waals surface area contributed by atoms with E-state index >= 15 is 0 Å². The van der Waals surface area contributed by atoms with Crippen molar-refractivity contribution in [2.45, 2.75) is 26.2 Å². The van der Waals surface area contributed by atoms with E-state index in [0.29, 0.717) is 17.4 Å². The smallest absolute Gasteiger partial charge is 0.161 e. The fourth-order valence-electron chi connectivity index (χ4n) is 2.52. The lowest BCUT2D eigenvalue weighted by atomic mass is 9.90. The Bertz CT molecular complexity index is 384. The zero-order valence-electron chi connectivity index (χ0n) is 10.6. The maximum atomic E-state index is 10.2. The van der Waals surface area contributed by atoms with Crippen LogP contribution in [0.4, 0.5) is 0 Å². The summed E-state index contributed by atoms with van der Waals surface area (Å²) in [6, 6.07) is 3.84. The van der Waals surface area contributed by atoms with E-state index < -0.39 is 0 Å². The third kappa shape index (κ3) is 2.72. The summed E-state index contributed by atoms with van der Waals surface area (Å²) in [7, 11) is 1.59. The summed E-state index contributed by atoms with van der Waals surface area (Å²) < 4.78 is 5.16. The van der Waals surface area contributed by atoms with Crippen LogP contribution in [0.3, 0.4) is 0 Å². The number of hydrogen-bond acceptors (Lipinski definition) is 3. The van der Waals surface area contributed by atoms with Crippen LogP contribution >= 0.6 is 0 Å². The van der Waals surface area contributed by atoms with Gasteiger partial charge in [-0.25, -0.2) is 0 Å². The number of benzene rings is 1. The van der Waals surface area contributed by atoms with Crippen molar-refractivity contribution in [2.75, 3.05) is 20.2 Å². The van der Waals surface area contributed by atoms with Crippen molar-refractivity contribution in [1.82, 2.24) is 5.32 Å². The molecule has 1 unspecified atom stereocenters. The van der Waals surface area contributed by atoms with E-state index in [1.807, 2.05) is 19.1 Å². The predicted molar refractivity (Wildman–Crippen MR) is 68.7 cm³/mol. The normalized spacial score (nSPS) is 20.2. The highest BCUT2D eigenvalue weighted by atomic mass is 16.5. The van der Waals surface area contributed by atoms with Crippen LogP contribution in [0, 0.1) is 12.8 Å². The Morgan fingerprint density at radius 2 is 2.29 bits per heavy atom. The Labute approximate surface area is 103 Å². The number of piperidine rings is 1. The second-order valence-electron chi connectivity index (χ2n) is 4.83. The summed E-state index contributed by atoms with van der Waals surface area (Å²) in [5, 5.41) is 13.6. The number of hydrogen-bond donors (Lipinski definition) is 2. The molecule has 3 heteroatoms. The molecule has 1 saturated heterocycles. The van der Waals surface area contributed by atoms with Crippen LogP contribution in [0.25, 0.3) is 0 Å². The van der Waals surface area contributed by atoms with Gasteiger partial charge >= 0.3 is 0 Å². The second kappa shape index (κ2) is 5.41. The lowest BCUT2D eigenvalue weighted by molar-refractivity contribution is 0.353. The Balaban J connectivity index is 2.18. The number of methoxy groups -OCH3 is 1. The van der Waals surface area contributed by atoms with Crippen LogP contribution in [0.1, 0.15) is 24.0 Å². The molecule has 2 rings (SSSR count). The van der Waals surface area contributed by atoms with Gasteiger partial charge in [0, 0.05) is 5.56 Å².